The van der Waals surface area contributed by atoms with Crippen molar-refractivity contribution in [3.8, 4) is 0 Å². The minimum absolute atomic E-state index is 0.330. The molecule has 16 heavy (non-hydrogen) atoms. The van der Waals surface area contributed by atoms with E-state index in [1.165, 1.54) is 6.07 Å². The van der Waals surface area contributed by atoms with Gasteiger partial charge in [0.1, 0.15) is 5.82 Å². The molecule has 0 atom stereocenters. The van der Waals surface area contributed by atoms with Crippen molar-refractivity contribution in [1.29, 1.82) is 0 Å². The molecule has 2 nitrogen and oxygen atoms in total. The van der Waals surface area contributed by atoms with Crippen LogP contribution in [0.4, 0.5) is 10.1 Å². The second-order valence-corrected chi connectivity index (χ2v) is 4.06. The van der Waals surface area contributed by atoms with Gasteiger partial charge in [0, 0.05) is 18.8 Å². The van der Waals surface area contributed by atoms with E-state index in [1.54, 1.807) is 31.1 Å². The van der Waals surface area contributed by atoms with Gasteiger partial charge in [0.15, 0.2) is 6.29 Å². The molecule has 86 valence electrons. The molecule has 0 radical (unpaired) electrons. The van der Waals surface area contributed by atoms with Crippen LogP contribution in [0.1, 0.15) is 29.8 Å². The van der Waals surface area contributed by atoms with E-state index in [0.717, 1.165) is 11.1 Å². The summed E-state index contributed by atoms with van der Waals surface area (Å²) >= 11 is 0. The molecule has 0 N–H and O–H groups in total. The standard InChI is InChI=1S/C13H16FNO/c1-9(2)7-15(4)13-11(8-16)10(3)5-6-12(13)14/h5-8H,1-4H3. The highest BCUT2D eigenvalue weighted by Crippen LogP contribution is 2.25. The van der Waals surface area contributed by atoms with Crippen molar-refractivity contribution in [3.63, 3.8) is 0 Å². The molecule has 0 fully saturated rings. The Bertz CT molecular complexity index is 434. The molecule has 0 saturated carbocycles. The number of anilines is 1. The van der Waals surface area contributed by atoms with E-state index >= 15 is 0 Å². The molecule has 3 heteroatoms. The Labute approximate surface area is 95.4 Å². The first-order valence-electron chi connectivity index (χ1n) is 5.09. The van der Waals surface area contributed by atoms with Gasteiger partial charge in [-0.15, -0.1) is 0 Å². The largest absolute Gasteiger partial charge is 0.348 e. The Balaban J connectivity index is 3.36. The van der Waals surface area contributed by atoms with E-state index < -0.39 is 0 Å². The summed E-state index contributed by atoms with van der Waals surface area (Å²) in [6.45, 7) is 5.64. The maximum Gasteiger partial charge on any atom is 0.152 e. The summed E-state index contributed by atoms with van der Waals surface area (Å²) in [6, 6.07) is 2.99. The summed E-state index contributed by atoms with van der Waals surface area (Å²) in [5.41, 5.74) is 2.55. The van der Waals surface area contributed by atoms with Crippen LogP contribution in [0.25, 0.3) is 0 Å². The number of rotatable bonds is 3. The van der Waals surface area contributed by atoms with Crippen molar-refractivity contribution in [3.05, 3.63) is 40.8 Å². The molecule has 1 rings (SSSR count). The molecule has 0 aliphatic carbocycles. The second kappa shape index (κ2) is 4.92. The van der Waals surface area contributed by atoms with Crippen LogP contribution in [0.15, 0.2) is 23.9 Å². The van der Waals surface area contributed by atoms with Gasteiger partial charge in [-0.1, -0.05) is 11.6 Å². The van der Waals surface area contributed by atoms with Crippen molar-refractivity contribution < 1.29 is 9.18 Å². The molecule has 1 aromatic rings. The highest BCUT2D eigenvalue weighted by Gasteiger charge is 2.13. The summed E-state index contributed by atoms with van der Waals surface area (Å²) in [7, 11) is 1.73. The normalized spacial score (nSPS) is 9.81. The fourth-order valence-corrected chi connectivity index (χ4v) is 1.64. The van der Waals surface area contributed by atoms with Crippen molar-refractivity contribution in [2.24, 2.45) is 0 Å². The Kier molecular flexibility index (Phi) is 3.82. The third-order valence-electron chi connectivity index (χ3n) is 2.31. The fraction of sp³-hybridized carbons (Fsp3) is 0.308. The number of nitrogens with zero attached hydrogens (tertiary/aromatic N) is 1. The monoisotopic (exact) mass is 221 g/mol. The van der Waals surface area contributed by atoms with Gasteiger partial charge in [0.25, 0.3) is 0 Å². The first-order valence-corrected chi connectivity index (χ1v) is 5.09. The molecule has 0 spiro atoms. The van der Waals surface area contributed by atoms with Gasteiger partial charge in [-0.3, -0.25) is 4.79 Å². The Morgan fingerprint density at radius 2 is 2.00 bits per heavy atom. The lowest BCUT2D eigenvalue weighted by Crippen LogP contribution is -2.14. The molecule has 0 bridgehead atoms. The number of carbonyl (C=O) groups excluding carboxylic acids is 1. The van der Waals surface area contributed by atoms with E-state index in [-0.39, 0.29) is 5.82 Å². The lowest BCUT2D eigenvalue weighted by Gasteiger charge is -2.19. The molecule has 0 heterocycles. The zero-order valence-electron chi connectivity index (χ0n) is 10.0. The van der Waals surface area contributed by atoms with E-state index in [4.69, 9.17) is 0 Å². The predicted molar refractivity (Wildman–Crippen MR) is 64.4 cm³/mol. The molecule has 0 unspecified atom stereocenters. The lowest BCUT2D eigenvalue weighted by molar-refractivity contribution is 0.112. The maximum atomic E-state index is 13.7. The zero-order chi connectivity index (χ0) is 12.3. The van der Waals surface area contributed by atoms with Crippen molar-refractivity contribution in [2.75, 3.05) is 11.9 Å². The summed E-state index contributed by atoms with van der Waals surface area (Å²) in [5.74, 6) is -0.382. The van der Waals surface area contributed by atoms with Gasteiger partial charge in [0.05, 0.1) is 5.69 Å². The number of hydrogen-bond donors (Lipinski definition) is 0. The van der Waals surface area contributed by atoms with Crippen molar-refractivity contribution in [1.82, 2.24) is 0 Å². The third kappa shape index (κ3) is 2.48. The van der Waals surface area contributed by atoms with E-state index in [0.29, 0.717) is 17.5 Å². The number of allylic oxidation sites excluding steroid dienone is 1. The first-order chi connectivity index (χ1) is 7.47. The highest BCUT2D eigenvalue weighted by molar-refractivity contribution is 5.87. The summed E-state index contributed by atoms with van der Waals surface area (Å²) in [5, 5.41) is 0. The van der Waals surface area contributed by atoms with Crippen LogP contribution in [-0.2, 0) is 0 Å². The highest BCUT2D eigenvalue weighted by atomic mass is 19.1. The number of aldehydes is 1. The topological polar surface area (TPSA) is 20.3 Å². The van der Waals surface area contributed by atoms with Crippen molar-refractivity contribution >= 4 is 12.0 Å². The minimum Gasteiger partial charge on any atom is -0.348 e. The van der Waals surface area contributed by atoms with Gasteiger partial charge >= 0.3 is 0 Å². The molecule has 1 aromatic carbocycles. The molecule has 0 aliphatic rings. The van der Waals surface area contributed by atoms with Crippen LogP contribution in [0, 0.1) is 12.7 Å². The minimum atomic E-state index is -0.382. The number of aryl methyl sites for hydroxylation is 1. The second-order valence-electron chi connectivity index (χ2n) is 4.06. The third-order valence-corrected chi connectivity index (χ3v) is 2.31. The molecule has 0 amide bonds. The molecule has 0 aliphatic heterocycles. The van der Waals surface area contributed by atoms with Crippen LogP contribution in [0.3, 0.4) is 0 Å². The van der Waals surface area contributed by atoms with Gasteiger partial charge in [-0.05, 0) is 32.4 Å². The Morgan fingerprint density at radius 3 is 2.50 bits per heavy atom. The smallest absolute Gasteiger partial charge is 0.152 e. The number of halogens is 1. The van der Waals surface area contributed by atoms with Gasteiger partial charge in [0.2, 0.25) is 0 Å². The van der Waals surface area contributed by atoms with E-state index in [9.17, 15) is 9.18 Å². The van der Waals surface area contributed by atoms with Crippen LogP contribution in [0.2, 0.25) is 0 Å². The predicted octanol–water partition coefficient (Wildman–Crippen LogP) is 3.31. The lowest BCUT2D eigenvalue weighted by atomic mass is 10.1. The Hall–Kier alpha value is -1.64. The summed E-state index contributed by atoms with van der Waals surface area (Å²) < 4.78 is 13.7. The van der Waals surface area contributed by atoms with Crippen LogP contribution in [-0.4, -0.2) is 13.3 Å². The van der Waals surface area contributed by atoms with Crippen molar-refractivity contribution in [2.45, 2.75) is 20.8 Å². The summed E-state index contributed by atoms with van der Waals surface area (Å²) in [4.78, 5) is 12.6. The molecular weight excluding hydrogens is 205 g/mol. The SMILES string of the molecule is CC(C)=CN(C)c1c(F)ccc(C)c1C=O. The molecular formula is C13H16FNO. The average Bonchev–Trinajstić information content (AvgIpc) is 2.19. The first kappa shape index (κ1) is 12.4. The average molecular weight is 221 g/mol. The number of benzene rings is 1. The van der Waals surface area contributed by atoms with Gasteiger partial charge < -0.3 is 4.90 Å². The maximum absolute atomic E-state index is 13.7. The van der Waals surface area contributed by atoms with Crippen LogP contribution >= 0.6 is 0 Å². The fourth-order valence-electron chi connectivity index (χ4n) is 1.64. The zero-order valence-corrected chi connectivity index (χ0v) is 10.0. The van der Waals surface area contributed by atoms with Crippen LogP contribution < -0.4 is 4.90 Å². The Morgan fingerprint density at radius 1 is 1.38 bits per heavy atom. The summed E-state index contributed by atoms with van der Waals surface area (Å²) in [6.07, 6.45) is 2.49. The van der Waals surface area contributed by atoms with E-state index in [2.05, 4.69) is 0 Å². The van der Waals surface area contributed by atoms with E-state index in [1.807, 2.05) is 13.8 Å². The van der Waals surface area contributed by atoms with Crippen LogP contribution in [0.5, 0.6) is 0 Å². The van der Waals surface area contributed by atoms with Gasteiger partial charge in [-0.2, -0.15) is 0 Å². The number of carbonyl (C=O) groups is 1. The molecule has 0 aromatic heterocycles. The van der Waals surface area contributed by atoms with Gasteiger partial charge in [-0.25, -0.2) is 4.39 Å². The number of hydrogen-bond acceptors (Lipinski definition) is 2. The quantitative estimate of drug-likeness (QED) is 0.730. The molecule has 0 saturated heterocycles.